The quantitative estimate of drug-likeness (QED) is 0.512. The van der Waals surface area contributed by atoms with Gasteiger partial charge in [-0.25, -0.2) is 9.67 Å². The Morgan fingerprint density at radius 3 is 2.35 bits per heavy atom. The summed E-state index contributed by atoms with van der Waals surface area (Å²) in [7, 11) is 1.89. The maximum Gasteiger partial charge on any atom is 0.416 e. The number of rotatable bonds is 4. The number of guanidine groups is 1. The SMILES string of the molecule is CC1N=C2N(C)C(=S)c3c(nn(Cc4ccc(C(F)(F)F)cc4)c3Nc3ccccc3)N2C1C. The molecular formula is C24H23F3N6S. The molecule has 0 bridgehead atoms. The summed E-state index contributed by atoms with van der Waals surface area (Å²) in [4.78, 5) is 9.32. The Balaban J connectivity index is 1.61. The lowest BCUT2D eigenvalue weighted by molar-refractivity contribution is -0.137. The number of alkyl halides is 3. The second kappa shape index (κ2) is 8.12. The van der Waals surface area contributed by atoms with Crippen LogP contribution in [0.1, 0.15) is 30.5 Å². The molecule has 0 saturated heterocycles. The monoisotopic (exact) mass is 484 g/mol. The summed E-state index contributed by atoms with van der Waals surface area (Å²) in [5.74, 6) is 2.13. The van der Waals surface area contributed by atoms with Gasteiger partial charge in [0, 0.05) is 12.7 Å². The Kier molecular flexibility index (Phi) is 5.35. The van der Waals surface area contributed by atoms with Gasteiger partial charge in [0.25, 0.3) is 0 Å². The molecule has 0 amide bonds. The molecule has 2 aliphatic rings. The number of aromatic nitrogens is 2. The molecule has 1 N–H and O–H groups in total. The van der Waals surface area contributed by atoms with Crippen LogP contribution in [-0.2, 0) is 12.7 Å². The third-order valence-electron chi connectivity index (χ3n) is 6.27. The molecule has 3 aromatic rings. The van der Waals surface area contributed by atoms with Crippen molar-refractivity contribution in [3.8, 4) is 0 Å². The maximum absolute atomic E-state index is 13.0. The fourth-order valence-corrected chi connectivity index (χ4v) is 4.50. The fourth-order valence-electron chi connectivity index (χ4n) is 4.23. The van der Waals surface area contributed by atoms with Gasteiger partial charge >= 0.3 is 6.18 Å². The minimum atomic E-state index is -4.38. The van der Waals surface area contributed by atoms with Gasteiger partial charge in [-0.15, -0.1) is 0 Å². The molecule has 2 atom stereocenters. The van der Waals surface area contributed by atoms with Crippen LogP contribution in [0.15, 0.2) is 59.6 Å². The van der Waals surface area contributed by atoms with Gasteiger partial charge in [0.1, 0.15) is 10.8 Å². The highest BCUT2D eigenvalue weighted by atomic mass is 32.1. The van der Waals surface area contributed by atoms with E-state index >= 15 is 0 Å². The van der Waals surface area contributed by atoms with Gasteiger partial charge in [-0.3, -0.25) is 4.90 Å². The number of nitrogens with one attached hydrogen (secondary N) is 1. The number of para-hydroxylation sites is 1. The number of anilines is 3. The van der Waals surface area contributed by atoms with Crippen molar-refractivity contribution in [2.24, 2.45) is 4.99 Å². The van der Waals surface area contributed by atoms with Crippen LogP contribution in [0.4, 0.5) is 30.5 Å². The molecule has 10 heteroatoms. The third-order valence-corrected chi connectivity index (χ3v) is 6.75. The van der Waals surface area contributed by atoms with Gasteiger partial charge < -0.3 is 10.2 Å². The summed E-state index contributed by atoms with van der Waals surface area (Å²) in [5, 5.41) is 8.32. The minimum absolute atomic E-state index is 0.0665. The molecule has 2 aromatic carbocycles. The van der Waals surface area contributed by atoms with Crippen LogP contribution in [0.25, 0.3) is 0 Å². The van der Waals surface area contributed by atoms with E-state index in [2.05, 4.69) is 24.1 Å². The van der Waals surface area contributed by atoms with Gasteiger partial charge in [-0.05, 0) is 43.7 Å². The summed E-state index contributed by atoms with van der Waals surface area (Å²) in [6, 6.07) is 14.9. The Hall–Kier alpha value is -3.40. The van der Waals surface area contributed by atoms with Crippen molar-refractivity contribution in [2.75, 3.05) is 17.3 Å². The molecule has 0 saturated carbocycles. The van der Waals surface area contributed by atoms with Crippen molar-refractivity contribution < 1.29 is 13.2 Å². The van der Waals surface area contributed by atoms with E-state index < -0.39 is 11.7 Å². The van der Waals surface area contributed by atoms with Crippen LogP contribution in [-0.4, -0.2) is 44.8 Å². The number of fused-ring (bicyclic) bond motifs is 3. The Morgan fingerprint density at radius 2 is 1.71 bits per heavy atom. The molecule has 5 rings (SSSR count). The average molecular weight is 485 g/mol. The molecule has 0 spiro atoms. The number of benzene rings is 2. The van der Waals surface area contributed by atoms with Crippen LogP contribution in [0.5, 0.6) is 0 Å². The first kappa shape index (κ1) is 22.4. The number of nitrogens with zero attached hydrogens (tertiary/aromatic N) is 5. The molecule has 2 aliphatic heterocycles. The summed E-state index contributed by atoms with van der Waals surface area (Å²) in [5.41, 5.74) is 1.64. The average Bonchev–Trinajstić information content (AvgIpc) is 3.30. The Labute approximate surface area is 200 Å². The van der Waals surface area contributed by atoms with Gasteiger partial charge in [-0.1, -0.05) is 42.5 Å². The van der Waals surface area contributed by atoms with E-state index in [1.165, 1.54) is 12.1 Å². The zero-order valence-corrected chi connectivity index (χ0v) is 19.7. The first-order valence-electron chi connectivity index (χ1n) is 10.9. The molecule has 34 heavy (non-hydrogen) atoms. The highest BCUT2D eigenvalue weighted by Crippen LogP contribution is 2.39. The van der Waals surface area contributed by atoms with E-state index in [1.807, 2.05) is 42.3 Å². The van der Waals surface area contributed by atoms with E-state index in [1.54, 1.807) is 4.68 Å². The molecule has 1 aromatic heterocycles. The fraction of sp³-hybridized carbons (Fsp3) is 0.292. The molecule has 0 fully saturated rings. The molecule has 0 radical (unpaired) electrons. The first-order valence-corrected chi connectivity index (χ1v) is 11.3. The number of halogens is 3. The van der Waals surface area contributed by atoms with Crippen LogP contribution in [0.2, 0.25) is 0 Å². The molecular weight excluding hydrogens is 461 g/mol. The molecule has 0 aliphatic carbocycles. The predicted octanol–water partition coefficient (Wildman–Crippen LogP) is 5.27. The smallest absolute Gasteiger partial charge is 0.340 e. The van der Waals surface area contributed by atoms with Crippen molar-refractivity contribution >= 4 is 40.5 Å². The molecule has 6 nitrogen and oxygen atoms in total. The van der Waals surface area contributed by atoms with Crippen LogP contribution in [0.3, 0.4) is 0 Å². The number of aliphatic imine (C=N–C) groups is 1. The van der Waals surface area contributed by atoms with Gasteiger partial charge in [0.2, 0.25) is 5.96 Å². The normalized spacial score (nSPS) is 19.7. The lowest BCUT2D eigenvalue weighted by atomic mass is 10.1. The Morgan fingerprint density at radius 1 is 1.03 bits per heavy atom. The van der Waals surface area contributed by atoms with Crippen molar-refractivity contribution in [1.82, 2.24) is 14.7 Å². The van der Waals surface area contributed by atoms with Crippen molar-refractivity contribution in [3.63, 3.8) is 0 Å². The number of thiocarbonyl (C=S) groups is 1. The van der Waals surface area contributed by atoms with Crippen LogP contribution >= 0.6 is 12.2 Å². The summed E-state index contributed by atoms with van der Waals surface area (Å²) in [6.07, 6.45) is -4.38. The first-order chi connectivity index (χ1) is 16.1. The summed E-state index contributed by atoms with van der Waals surface area (Å²) < 4.78 is 40.8. The largest absolute Gasteiger partial charge is 0.416 e. The van der Waals surface area contributed by atoms with Crippen molar-refractivity contribution in [3.05, 3.63) is 71.3 Å². The zero-order valence-electron chi connectivity index (χ0n) is 18.8. The Bertz CT molecular complexity index is 1270. The second-order valence-corrected chi connectivity index (χ2v) is 8.92. The van der Waals surface area contributed by atoms with E-state index in [-0.39, 0.29) is 18.6 Å². The molecule has 3 heterocycles. The third kappa shape index (κ3) is 3.71. The predicted molar refractivity (Wildman–Crippen MR) is 131 cm³/mol. The maximum atomic E-state index is 13.0. The van der Waals surface area contributed by atoms with Gasteiger partial charge in [0.15, 0.2) is 5.82 Å². The highest BCUT2D eigenvalue weighted by Gasteiger charge is 2.43. The van der Waals surface area contributed by atoms with Crippen LogP contribution in [0, 0.1) is 0 Å². The lowest BCUT2D eigenvalue weighted by Gasteiger charge is -2.35. The zero-order chi connectivity index (χ0) is 24.2. The number of hydrogen-bond donors (Lipinski definition) is 1. The lowest BCUT2D eigenvalue weighted by Crippen LogP contribution is -2.50. The van der Waals surface area contributed by atoms with E-state index in [0.29, 0.717) is 22.2 Å². The van der Waals surface area contributed by atoms with E-state index in [4.69, 9.17) is 22.3 Å². The second-order valence-electron chi connectivity index (χ2n) is 8.54. The summed E-state index contributed by atoms with van der Waals surface area (Å²) >= 11 is 5.82. The van der Waals surface area contributed by atoms with Crippen LogP contribution < -0.4 is 10.2 Å². The van der Waals surface area contributed by atoms with E-state index in [9.17, 15) is 13.2 Å². The highest BCUT2D eigenvalue weighted by molar-refractivity contribution is 7.80. The topological polar surface area (TPSA) is 48.7 Å². The minimum Gasteiger partial charge on any atom is -0.340 e. The van der Waals surface area contributed by atoms with E-state index in [0.717, 1.165) is 29.3 Å². The van der Waals surface area contributed by atoms with Gasteiger partial charge in [0.05, 0.1) is 29.8 Å². The molecule has 176 valence electrons. The van der Waals surface area contributed by atoms with Crippen molar-refractivity contribution in [1.29, 1.82) is 0 Å². The molecule has 2 unspecified atom stereocenters. The standard InChI is InChI=1S/C24H23F3N6S/c1-14-15(2)33-21-19(22(34)31(3)23(33)28-14)20(29-18-7-5-4-6-8-18)32(30-21)13-16-9-11-17(12-10-16)24(25,26)27/h4-12,14-15,29H,13H2,1-3H3. The van der Waals surface area contributed by atoms with Gasteiger partial charge in [-0.2, -0.15) is 18.3 Å². The van der Waals surface area contributed by atoms with Crippen molar-refractivity contribution in [2.45, 2.75) is 38.7 Å². The summed E-state index contributed by atoms with van der Waals surface area (Å²) in [6.45, 7) is 4.41. The number of hydrogen-bond acceptors (Lipinski definition) is 5.